The summed E-state index contributed by atoms with van der Waals surface area (Å²) in [6.07, 6.45) is 3.38. The molecule has 0 fully saturated rings. The van der Waals surface area contributed by atoms with E-state index in [4.69, 9.17) is 26.2 Å². The number of rotatable bonds is 13. The molecule has 1 aliphatic carbocycles. The van der Waals surface area contributed by atoms with Crippen LogP contribution in [0, 0.1) is 11.8 Å². The first-order valence-corrected chi connectivity index (χ1v) is 14.5. The van der Waals surface area contributed by atoms with Crippen LogP contribution < -0.4 is 22.5 Å². The number of nitrogens with zero attached hydrogens (tertiary/aromatic N) is 1. The molecule has 266 valence electrons. The quantitative estimate of drug-likeness (QED) is 0.125. The number of aldehydes is 2. The Morgan fingerprint density at radius 3 is 1.73 bits per heavy atom. The molecule has 0 heterocycles. The topological polar surface area (TPSA) is 246 Å². The number of allylic oxidation sites excluding steroid dienone is 2. The average molecular weight is 640 g/mol. The van der Waals surface area contributed by atoms with Crippen LogP contribution >= 0.6 is 0 Å². The molecule has 0 bridgehead atoms. The van der Waals surface area contributed by atoms with Crippen molar-refractivity contribution in [3.63, 3.8) is 0 Å². The average Bonchev–Trinajstić information content (AvgIpc) is 2.97. The summed E-state index contributed by atoms with van der Waals surface area (Å²) < 4.78 is 0. The molecule has 3 atom stereocenters. The Kier molecular flexibility index (Phi) is 45.9. The first-order valence-electron chi connectivity index (χ1n) is 14.5. The molecule has 1 aliphatic rings. The van der Waals surface area contributed by atoms with E-state index in [0.717, 1.165) is 13.0 Å². The number of aliphatic hydroxyl groups is 5. The Morgan fingerprint density at radius 1 is 0.977 bits per heavy atom. The highest BCUT2D eigenvalue weighted by molar-refractivity contribution is 5.81. The van der Waals surface area contributed by atoms with Gasteiger partial charge in [0.15, 0.2) is 12.1 Å². The molecule has 0 spiro atoms. The van der Waals surface area contributed by atoms with Gasteiger partial charge in [-0.05, 0) is 64.4 Å². The van der Waals surface area contributed by atoms with Crippen molar-refractivity contribution in [1.82, 2.24) is 10.2 Å². The van der Waals surface area contributed by atoms with Crippen molar-refractivity contribution in [3.8, 4) is 0 Å². The van der Waals surface area contributed by atoms with Gasteiger partial charge in [-0.25, -0.2) is 0 Å². The fourth-order valence-electron chi connectivity index (χ4n) is 2.84. The third kappa shape index (κ3) is 39.9. The number of Topliss-reactive ketones (excluding diaryl/α,β-unsaturated/α-hetero) is 1. The van der Waals surface area contributed by atoms with E-state index in [1.54, 1.807) is 4.90 Å². The lowest BCUT2D eigenvalue weighted by molar-refractivity contribution is -0.125. The molecule has 0 saturated carbocycles. The van der Waals surface area contributed by atoms with Gasteiger partial charge in [-0.3, -0.25) is 9.69 Å². The van der Waals surface area contributed by atoms with Crippen LogP contribution in [0.5, 0.6) is 0 Å². The Bertz CT molecular complexity index is 714. The zero-order valence-electron chi connectivity index (χ0n) is 28.2. The minimum Gasteiger partial charge on any atom is -0.508 e. The summed E-state index contributed by atoms with van der Waals surface area (Å²) in [5, 5.41) is 46.5. The highest BCUT2D eigenvalue weighted by Crippen LogP contribution is 2.27. The summed E-state index contributed by atoms with van der Waals surface area (Å²) in [5.74, 6) is 1.19. The second-order valence-corrected chi connectivity index (χ2v) is 10.6. The lowest BCUT2D eigenvalue weighted by Gasteiger charge is -2.26. The van der Waals surface area contributed by atoms with Crippen molar-refractivity contribution in [2.45, 2.75) is 99.6 Å². The van der Waals surface area contributed by atoms with E-state index in [9.17, 15) is 19.5 Å². The van der Waals surface area contributed by atoms with Gasteiger partial charge in [-0.1, -0.05) is 54.5 Å². The van der Waals surface area contributed by atoms with Crippen LogP contribution in [-0.2, 0) is 14.4 Å². The van der Waals surface area contributed by atoms with E-state index < -0.39 is 25.4 Å². The Hall–Kier alpha value is -2.07. The van der Waals surface area contributed by atoms with Crippen LogP contribution in [0.15, 0.2) is 23.5 Å². The van der Waals surface area contributed by atoms with Gasteiger partial charge in [0, 0.05) is 25.2 Å². The van der Waals surface area contributed by atoms with Gasteiger partial charge in [0.25, 0.3) is 0 Å². The summed E-state index contributed by atoms with van der Waals surface area (Å²) in [5.41, 5.74) is 15.4. The molecule has 0 saturated heterocycles. The Balaban J connectivity index is -0.000000114. The lowest BCUT2D eigenvalue weighted by atomic mass is 9.85. The lowest BCUT2D eigenvalue weighted by Crippen LogP contribution is -2.42. The standard InChI is InChI=1S/C13H23NO.C9H17NO4.C3H9N.C3H6O3.2CH5N.CH4/c1-9(2)12-5-11(6-13(15)7-12)8-14-10(3)4;1-7(2)10(3-8(13)5-11)4-9(14)6-12;1-3(2)4;4-1-3(6)2-5;2*1-2;/h6-7,9-10,12,14-15H,5,8H2,1-4H3;5,7-8,12-13H,3-4,6H2,1-2H3;3H,4H2,1-2H3;1,3,5-6H,2H2;2*2H2,1H3;1H4. The van der Waals surface area contributed by atoms with Crippen LogP contribution in [0.25, 0.3) is 0 Å². The molecule has 3 unspecified atom stereocenters. The molecule has 0 aromatic heterocycles. The first-order chi connectivity index (χ1) is 20.0. The number of aliphatic hydroxyl groups excluding tert-OH is 5. The molecule has 1 rings (SSSR count). The summed E-state index contributed by atoms with van der Waals surface area (Å²) in [4.78, 5) is 32.1. The summed E-state index contributed by atoms with van der Waals surface area (Å²) in [6.45, 7) is 16.3. The van der Waals surface area contributed by atoms with E-state index >= 15 is 0 Å². The number of hydrogen-bond acceptors (Lipinski definition) is 13. The monoisotopic (exact) mass is 640 g/mol. The van der Waals surface area contributed by atoms with E-state index in [1.807, 2.05) is 39.8 Å². The first kappa shape index (κ1) is 54.4. The molecule has 0 amide bonds. The second kappa shape index (κ2) is 37.1. The van der Waals surface area contributed by atoms with Crippen LogP contribution in [0.2, 0.25) is 0 Å². The van der Waals surface area contributed by atoms with Crippen molar-refractivity contribution in [2.24, 2.45) is 29.0 Å². The van der Waals surface area contributed by atoms with Gasteiger partial charge in [0.05, 0.1) is 13.2 Å². The van der Waals surface area contributed by atoms with Crippen molar-refractivity contribution in [1.29, 1.82) is 0 Å². The van der Waals surface area contributed by atoms with Crippen LogP contribution in [0.4, 0.5) is 0 Å². The third-order valence-electron chi connectivity index (χ3n) is 5.04. The summed E-state index contributed by atoms with van der Waals surface area (Å²) in [7, 11) is 3.00. The maximum atomic E-state index is 10.9. The maximum Gasteiger partial charge on any atom is 0.172 e. The minimum atomic E-state index is -1.19. The molecule has 0 aromatic carbocycles. The number of nitrogens with two attached hydrogens (primary N) is 3. The minimum absolute atomic E-state index is 0. The molecule has 12 N–H and O–H groups in total. The molecule has 0 aromatic rings. The van der Waals surface area contributed by atoms with Gasteiger partial charge in [-0.15, -0.1) is 0 Å². The number of carbonyl (C=O) groups is 3. The largest absolute Gasteiger partial charge is 0.508 e. The van der Waals surface area contributed by atoms with E-state index in [-0.39, 0.29) is 38.6 Å². The Labute approximate surface area is 267 Å². The van der Waals surface area contributed by atoms with Crippen molar-refractivity contribution < 1.29 is 39.9 Å². The third-order valence-corrected chi connectivity index (χ3v) is 5.04. The molecule has 13 nitrogen and oxygen atoms in total. The zero-order valence-corrected chi connectivity index (χ0v) is 28.2. The van der Waals surface area contributed by atoms with Crippen LogP contribution in [0.3, 0.4) is 0 Å². The predicted octanol–water partition coefficient (Wildman–Crippen LogP) is 0.525. The van der Waals surface area contributed by atoms with Crippen molar-refractivity contribution in [3.05, 3.63) is 23.5 Å². The molecule has 0 aliphatic heterocycles. The fourth-order valence-corrected chi connectivity index (χ4v) is 2.84. The number of hydrogen-bond donors (Lipinski definition) is 9. The molecular formula is C31H69N5O8. The molecule has 13 heteroatoms. The fraction of sp³-hybridized carbons (Fsp3) is 0.774. The second-order valence-electron chi connectivity index (χ2n) is 10.6. The maximum absolute atomic E-state index is 10.9. The van der Waals surface area contributed by atoms with Gasteiger partial charge in [0.2, 0.25) is 0 Å². The van der Waals surface area contributed by atoms with E-state index in [0.29, 0.717) is 36.0 Å². The Morgan fingerprint density at radius 2 is 1.43 bits per heavy atom. The summed E-state index contributed by atoms with van der Waals surface area (Å²) in [6, 6.07) is 0.872. The van der Waals surface area contributed by atoms with Crippen molar-refractivity contribution in [2.75, 3.05) is 46.9 Å². The van der Waals surface area contributed by atoms with Gasteiger partial charge >= 0.3 is 0 Å². The van der Waals surface area contributed by atoms with Gasteiger partial charge in [0.1, 0.15) is 30.9 Å². The van der Waals surface area contributed by atoms with E-state index in [1.165, 1.54) is 19.7 Å². The highest BCUT2D eigenvalue weighted by atomic mass is 16.3. The normalized spacial score (nSPS) is 14.6. The number of nitrogens with one attached hydrogen (secondary N) is 1. The smallest absolute Gasteiger partial charge is 0.172 e. The van der Waals surface area contributed by atoms with Crippen LogP contribution in [-0.4, -0.2) is 126 Å². The van der Waals surface area contributed by atoms with Crippen LogP contribution in [0.1, 0.15) is 69.2 Å². The molecule has 0 radical (unpaired) electrons. The van der Waals surface area contributed by atoms with Gasteiger partial charge < -0.3 is 57.6 Å². The van der Waals surface area contributed by atoms with Gasteiger partial charge in [-0.2, -0.15) is 0 Å². The molecule has 44 heavy (non-hydrogen) atoms. The zero-order chi connectivity index (χ0) is 35.1. The number of carbonyl (C=O) groups excluding carboxylic acids is 3. The summed E-state index contributed by atoms with van der Waals surface area (Å²) >= 11 is 0. The van der Waals surface area contributed by atoms with Crippen molar-refractivity contribution >= 4 is 18.4 Å². The SMILES string of the molecule is C.CC(C)N.CC(C)N(CC(=O)CO)CC(O)C=O.CC(C)NCC1=CC(O)=CC(C(C)C)C1.CN.CN.O=CC(O)CO. The molecular weight excluding hydrogens is 570 g/mol. The predicted molar refractivity (Wildman–Crippen MR) is 181 cm³/mol. The number of ketones is 1. The van der Waals surface area contributed by atoms with E-state index in [2.05, 4.69) is 44.5 Å². The highest BCUT2D eigenvalue weighted by Gasteiger charge is 2.18.